The molecule has 5 atom stereocenters. The van der Waals surface area contributed by atoms with Gasteiger partial charge in [-0.3, -0.25) is 23.2 Å². The number of anilines is 1. The zero-order valence-corrected chi connectivity index (χ0v) is 23.4. The van der Waals surface area contributed by atoms with Gasteiger partial charge in [-0.1, -0.05) is 0 Å². The predicted octanol–water partition coefficient (Wildman–Crippen LogP) is 0.554. The zero-order chi connectivity index (χ0) is 30.1. The number of aliphatic carboxylic acids is 1. The van der Waals surface area contributed by atoms with Crippen LogP contribution in [0.1, 0.15) is 38.3 Å². The van der Waals surface area contributed by atoms with E-state index in [0.29, 0.717) is 37.0 Å². The van der Waals surface area contributed by atoms with Gasteiger partial charge in [0.2, 0.25) is 0 Å². The molecule has 1 amide bonds. The molecule has 2 aromatic rings. The molecule has 0 aliphatic carbocycles. The number of imidazole rings is 1. The summed E-state index contributed by atoms with van der Waals surface area (Å²) in [5.74, 6) is -0.778. The fraction of sp³-hybridized carbons (Fsp3) is 0.652. The Morgan fingerprint density at radius 2 is 1.86 bits per heavy atom. The zero-order valence-electron chi connectivity index (χ0n) is 22.5. The molecule has 19 heteroatoms. The van der Waals surface area contributed by atoms with Crippen molar-refractivity contribution in [2.24, 2.45) is 0 Å². The Morgan fingerprint density at radius 3 is 2.64 bits per heavy atom. The Hall–Kier alpha value is -3.25. The first kappa shape index (κ1) is 31.7. The minimum atomic E-state index is -4.38. The Balaban J connectivity index is 1.18. The number of phosphoric ester groups is 1. The van der Waals surface area contributed by atoms with Crippen LogP contribution in [0.2, 0.25) is 0 Å². The van der Waals surface area contributed by atoms with Gasteiger partial charge in [0, 0.05) is 32.4 Å². The molecule has 5 unspecified atom stereocenters. The monoisotopic (exact) mass is 616 g/mol. The lowest BCUT2D eigenvalue weighted by atomic mass is 10.1. The third-order valence-corrected chi connectivity index (χ3v) is 7.31. The number of nitrogen functional groups attached to an aromatic ring is 1. The number of hydrogen-bond acceptors (Lipinski definition) is 14. The summed E-state index contributed by atoms with van der Waals surface area (Å²) in [6.07, 6.45) is -0.952. The highest BCUT2D eigenvalue weighted by Gasteiger charge is 2.55. The Morgan fingerprint density at radius 1 is 1.10 bits per heavy atom. The van der Waals surface area contributed by atoms with Crippen molar-refractivity contribution < 1.29 is 56.9 Å². The lowest BCUT2D eigenvalue weighted by Gasteiger charge is -2.29. The summed E-state index contributed by atoms with van der Waals surface area (Å²) in [4.78, 5) is 56.8. The molecule has 0 aromatic carbocycles. The van der Waals surface area contributed by atoms with Crippen LogP contribution in [-0.2, 0) is 42.1 Å². The van der Waals surface area contributed by atoms with E-state index in [1.807, 2.05) is 0 Å². The van der Waals surface area contributed by atoms with Gasteiger partial charge in [-0.05, 0) is 12.8 Å². The van der Waals surface area contributed by atoms with Crippen LogP contribution in [0.5, 0.6) is 0 Å². The van der Waals surface area contributed by atoms with Crippen molar-refractivity contribution in [2.45, 2.75) is 56.6 Å². The van der Waals surface area contributed by atoms with E-state index < -0.39 is 44.4 Å². The van der Waals surface area contributed by atoms with Crippen LogP contribution in [0.4, 0.5) is 10.6 Å². The second-order valence-corrected chi connectivity index (χ2v) is 10.8. The predicted molar refractivity (Wildman–Crippen MR) is 140 cm³/mol. The molecule has 4 rings (SSSR count). The van der Waals surface area contributed by atoms with Crippen LogP contribution in [0.15, 0.2) is 12.7 Å². The van der Waals surface area contributed by atoms with Gasteiger partial charge in [0.05, 0.1) is 32.8 Å². The number of carboxylic acids is 1. The number of carboxylic acid groups (broad SMARTS) is 1. The molecular formula is C23H33N6O12P. The van der Waals surface area contributed by atoms with Crippen LogP contribution >= 0.6 is 7.82 Å². The van der Waals surface area contributed by atoms with Gasteiger partial charge >= 0.3 is 19.9 Å². The molecule has 4 heterocycles. The maximum atomic E-state index is 12.6. The van der Waals surface area contributed by atoms with Crippen LogP contribution in [0, 0.1) is 0 Å². The number of alkyl carbamates (subject to hydrolysis) is 1. The number of fused-ring (bicyclic) bond motifs is 2. The summed E-state index contributed by atoms with van der Waals surface area (Å²) < 4.78 is 46.0. The number of nitrogens with two attached hydrogens (primary N) is 1. The molecule has 0 bridgehead atoms. The number of aromatic nitrogens is 4. The molecule has 2 saturated heterocycles. The lowest BCUT2D eigenvalue weighted by Crippen LogP contribution is -2.43. The Labute approximate surface area is 239 Å². The molecule has 2 fully saturated rings. The molecule has 232 valence electrons. The molecule has 2 aromatic heterocycles. The Bertz CT molecular complexity index is 1290. The Kier molecular flexibility index (Phi) is 11.1. The molecule has 0 saturated carbocycles. The minimum Gasteiger partial charge on any atom is -0.481 e. The fourth-order valence-electron chi connectivity index (χ4n) is 4.37. The number of ether oxygens (including phenoxy) is 4. The van der Waals surface area contributed by atoms with E-state index >= 15 is 0 Å². The van der Waals surface area contributed by atoms with Crippen LogP contribution < -0.4 is 11.1 Å². The van der Waals surface area contributed by atoms with Gasteiger partial charge in [0.15, 0.2) is 23.8 Å². The van der Waals surface area contributed by atoms with Crippen LogP contribution in [0.3, 0.4) is 0 Å². The molecule has 42 heavy (non-hydrogen) atoms. The minimum absolute atomic E-state index is 0.00543. The van der Waals surface area contributed by atoms with E-state index in [1.54, 1.807) is 0 Å². The maximum Gasteiger partial charge on any atom is 0.472 e. The van der Waals surface area contributed by atoms with Crippen molar-refractivity contribution in [3.05, 3.63) is 12.7 Å². The third kappa shape index (κ3) is 8.64. The van der Waals surface area contributed by atoms with E-state index in [0.717, 1.165) is 0 Å². The highest BCUT2D eigenvalue weighted by atomic mass is 31.2. The lowest BCUT2D eigenvalue weighted by molar-refractivity contribution is -0.137. The SMILES string of the molecule is Nc1ncnc2c1ncn2C1OC2COP(=O)(O)OC2C1OC(=O)NCCOCCOCCCC(=O)CCCC(=O)O. The first-order valence-corrected chi connectivity index (χ1v) is 14.7. The van der Waals surface area contributed by atoms with E-state index in [-0.39, 0.29) is 57.4 Å². The smallest absolute Gasteiger partial charge is 0.472 e. The molecule has 2 aliphatic rings. The van der Waals surface area contributed by atoms with E-state index in [9.17, 15) is 23.8 Å². The van der Waals surface area contributed by atoms with Crippen LogP contribution in [0.25, 0.3) is 11.2 Å². The van der Waals surface area contributed by atoms with Gasteiger partial charge < -0.3 is 40.0 Å². The van der Waals surface area contributed by atoms with Gasteiger partial charge in [-0.25, -0.2) is 24.3 Å². The van der Waals surface area contributed by atoms with Crippen LogP contribution in [-0.4, -0.2) is 105 Å². The second kappa shape index (κ2) is 14.8. The highest BCUT2D eigenvalue weighted by molar-refractivity contribution is 7.47. The first-order chi connectivity index (χ1) is 20.1. The summed E-state index contributed by atoms with van der Waals surface area (Å²) in [5, 5.41) is 11.1. The van der Waals surface area contributed by atoms with Gasteiger partial charge in [-0.2, -0.15) is 0 Å². The van der Waals surface area contributed by atoms with Crippen molar-refractivity contribution in [1.29, 1.82) is 0 Å². The van der Waals surface area contributed by atoms with E-state index in [2.05, 4.69) is 20.3 Å². The number of carbonyl (C=O) groups excluding carboxylic acids is 2. The normalized spacial score (nSPS) is 25.3. The number of amides is 1. The molecule has 5 N–H and O–H groups in total. The van der Waals surface area contributed by atoms with Crippen molar-refractivity contribution in [2.75, 3.05) is 45.3 Å². The molecule has 2 aliphatic heterocycles. The van der Waals surface area contributed by atoms with E-state index in [4.69, 9.17) is 38.8 Å². The van der Waals surface area contributed by atoms with Crippen molar-refractivity contribution in [1.82, 2.24) is 24.8 Å². The summed E-state index contributed by atoms with van der Waals surface area (Å²) in [6, 6.07) is 0. The summed E-state index contributed by atoms with van der Waals surface area (Å²) in [7, 11) is -4.38. The summed E-state index contributed by atoms with van der Waals surface area (Å²) in [5.41, 5.74) is 6.46. The van der Waals surface area contributed by atoms with E-state index in [1.165, 1.54) is 17.2 Å². The van der Waals surface area contributed by atoms with Gasteiger partial charge in [0.25, 0.3) is 0 Å². The largest absolute Gasteiger partial charge is 0.481 e. The third-order valence-electron chi connectivity index (χ3n) is 6.33. The first-order valence-electron chi connectivity index (χ1n) is 13.2. The number of hydrogen-bond donors (Lipinski definition) is 4. The number of nitrogens with one attached hydrogen (secondary N) is 1. The van der Waals surface area contributed by atoms with Crippen molar-refractivity contribution >= 4 is 42.7 Å². The van der Waals surface area contributed by atoms with Gasteiger partial charge in [0.1, 0.15) is 29.8 Å². The van der Waals surface area contributed by atoms with Crippen molar-refractivity contribution in [3.8, 4) is 0 Å². The standard InChI is InChI=1S/C23H33N6O12P/c24-20-17-21(27-12-26-20)29(13-28-17)22-19(18-15(39-22)11-38-42(34,35)41-18)40-23(33)25-6-8-37-10-9-36-7-2-4-14(30)3-1-5-16(31)32/h12-13,15,18-19,22H,1-11H2,(H,25,33)(H,31,32)(H,34,35)(H2,24,26,27). The summed E-state index contributed by atoms with van der Waals surface area (Å²) >= 11 is 0. The second-order valence-electron chi connectivity index (χ2n) is 9.39. The number of phosphoric acid groups is 1. The number of ketones is 1. The number of nitrogens with zero attached hydrogens (tertiary/aromatic N) is 4. The maximum absolute atomic E-state index is 12.6. The average molecular weight is 617 g/mol. The molecule has 0 spiro atoms. The number of carbonyl (C=O) groups is 3. The average Bonchev–Trinajstić information content (AvgIpc) is 3.51. The topological polar surface area (TPSA) is 246 Å². The fourth-order valence-corrected chi connectivity index (χ4v) is 5.33. The number of rotatable bonds is 16. The molecular weight excluding hydrogens is 583 g/mol. The quantitative estimate of drug-likeness (QED) is 0.148. The molecule has 0 radical (unpaired) electrons. The number of Topliss-reactive ketones (excluding diaryl/α,β-unsaturated/α-hetero) is 1. The highest BCUT2D eigenvalue weighted by Crippen LogP contribution is 2.53. The molecule has 18 nitrogen and oxygen atoms in total. The summed E-state index contributed by atoms with van der Waals surface area (Å²) in [6.45, 7) is 0.883. The van der Waals surface area contributed by atoms with Crippen molar-refractivity contribution in [3.63, 3.8) is 0 Å². The van der Waals surface area contributed by atoms with Gasteiger partial charge in [-0.15, -0.1) is 0 Å².